The molecule has 8 heteroatoms. The molecule has 0 aliphatic carbocycles. The van der Waals surface area contributed by atoms with Crippen LogP contribution in [0.3, 0.4) is 0 Å². The second kappa shape index (κ2) is 7.94. The van der Waals surface area contributed by atoms with Crippen molar-refractivity contribution < 1.29 is 23.7 Å². The quantitative estimate of drug-likeness (QED) is 0.745. The average molecular weight is 380 g/mol. The zero-order valence-electron chi connectivity index (χ0n) is 14.9. The number of nitrogens with zero attached hydrogens (tertiary/aromatic N) is 2. The number of morpholine rings is 1. The smallest absolute Gasteiger partial charge is 0.233 e. The lowest BCUT2D eigenvalue weighted by Gasteiger charge is -2.29. The minimum atomic E-state index is -0.00408. The molecule has 1 aromatic carbocycles. The number of fused-ring (bicyclic) bond motifs is 1. The van der Waals surface area contributed by atoms with Crippen LogP contribution in [-0.4, -0.2) is 74.8 Å². The molecular formula is C18H24N2O5S. The highest BCUT2D eigenvalue weighted by atomic mass is 32.2. The van der Waals surface area contributed by atoms with Crippen LogP contribution in [0.1, 0.15) is 17.4 Å². The molecule has 0 aromatic heterocycles. The number of hydrogen-bond acceptors (Lipinski definition) is 7. The number of hydrogen-bond donors (Lipinski definition) is 0. The Morgan fingerprint density at radius 3 is 2.88 bits per heavy atom. The number of amides is 1. The molecule has 2 saturated heterocycles. The van der Waals surface area contributed by atoms with E-state index >= 15 is 0 Å². The van der Waals surface area contributed by atoms with Gasteiger partial charge in [-0.2, -0.15) is 0 Å². The molecule has 4 rings (SSSR count). The van der Waals surface area contributed by atoms with Crippen molar-refractivity contribution in [3.8, 4) is 17.2 Å². The maximum absolute atomic E-state index is 12.4. The van der Waals surface area contributed by atoms with Gasteiger partial charge in [-0.05, 0) is 24.1 Å². The molecule has 1 aromatic rings. The maximum atomic E-state index is 12.4. The molecule has 0 bridgehead atoms. The van der Waals surface area contributed by atoms with Crippen molar-refractivity contribution in [1.29, 1.82) is 0 Å². The van der Waals surface area contributed by atoms with Crippen molar-refractivity contribution in [3.63, 3.8) is 0 Å². The molecule has 1 atom stereocenters. The van der Waals surface area contributed by atoms with Crippen LogP contribution in [-0.2, 0) is 9.53 Å². The summed E-state index contributed by atoms with van der Waals surface area (Å²) in [5.74, 6) is 2.69. The van der Waals surface area contributed by atoms with Gasteiger partial charge in [0, 0.05) is 26.2 Å². The van der Waals surface area contributed by atoms with Crippen LogP contribution < -0.4 is 14.2 Å². The normalized spacial score (nSPS) is 22.9. The summed E-state index contributed by atoms with van der Waals surface area (Å²) in [6, 6.07) is 3.93. The largest absolute Gasteiger partial charge is 0.493 e. The van der Waals surface area contributed by atoms with Crippen molar-refractivity contribution in [2.75, 3.05) is 59.0 Å². The molecular weight excluding hydrogens is 356 g/mol. The summed E-state index contributed by atoms with van der Waals surface area (Å²) in [5.41, 5.74) is 1.02. The second-order valence-corrected chi connectivity index (χ2v) is 7.58. The Bertz CT molecular complexity index is 665. The van der Waals surface area contributed by atoms with Gasteiger partial charge in [-0.25, -0.2) is 0 Å². The summed E-state index contributed by atoms with van der Waals surface area (Å²) in [5, 5.41) is -0.00408. The van der Waals surface area contributed by atoms with E-state index in [1.54, 1.807) is 18.9 Å². The summed E-state index contributed by atoms with van der Waals surface area (Å²) in [6.45, 7) is 5.52. The first-order valence-electron chi connectivity index (χ1n) is 8.95. The lowest BCUT2D eigenvalue weighted by Crippen LogP contribution is -2.38. The summed E-state index contributed by atoms with van der Waals surface area (Å²) in [4.78, 5) is 16.8. The third kappa shape index (κ3) is 3.58. The highest BCUT2D eigenvalue weighted by molar-refractivity contribution is 8.00. The molecule has 0 saturated carbocycles. The Labute approximate surface area is 157 Å². The zero-order valence-corrected chi connectivity index (χ0v) is 15.8. The van der Waals surface area contributed by atoms with Gasteiger partial charge < -0.3 is 23.8 Å². The highest BCUT2D eigenvalue weighted by Gasteiger charge is 2.34. The van der Waals surface area contributed by atoms with Crippen LogP contribution in [0.15, 0.2) is 12.1 Å². The van der Waals surface area contributed by atoms with E-state index in [9.17, 15) is 4.79 Å². The fourth-order valence-corrected chi connectivity index (χ4v) is 4.75. The van der Waals surface area contributed by atoms with E-state index in [0.717, 1.165) is 51.4 Å². The molecule has 3 heterocycles. The van der Waals surface area contributed by atoms with Crippen LogP contribution in [0.4, 0.5) is 0 Å². The summed E-state index contributed by atoms with van der Waals surface area (Å²) in [7, 11) is 1.62. The maximum Gasteiger partial charge on any atom is 0.233 e. The Morgan fingerprint density at radius 1 is 1.23 bits per heavy atom. The Hall–Kier alpha value is -1.64. The molecule has 0 radical (unpaired) electrons. The molecule has 26 heavy (non-hydrogen) atoms. The second-order valence-electron chi connectivity index (χ2n) is 6.52. The van der Waals surface area contributed by atoms with Crippen molar-refractivity contribution >= 4 is 17.7 Å². The third-order valence-corrected chi connectivity index (χ3v) is 6.17. The van der Waals surface area contributed by atoms with Crippen LogP contribution in [0.5, 0.6) is 17.2 Å². The predicted octanol–water partition coefficient (Wildman–Crippen LogP) is 1.72. The van der Waals surface area contributed by atoms with E-state index in [4.69, 9.17) is 18.9 Å². The molecule has 142 valence electrons. The lowest BCUT2D eigenvalue weighted by atomic mass is 10.1. The Balaban J connectivity index is 1.44. The van der Waals surface area contributed by atoms with Gasteiger partial charge in [0.05, 0.1) is 26.1 Å². The van der Waals surface area contributed by atoms with Gasteiger partial charge in [0.25, 0.3) is 0 Å². The molecule has 1 unspecified atom stereocenters. The number of carbonyl (C=O) groups is 1. The Kier molecular flexibility index (Phi) is 5.42. The van der Waals surface area contributed by atoms with Crippen LogP contribution in [0.25, 0.3) is 0 Å². The monoisotopic (exact) mass is 380 g/mol. The van der Waals surface area contributed by atoms with Crippen molar-refractivity contribution in [2.45, 2.75) is 11.8 Å². The van der Waals surface area contributed by atoms with E-state index in [0.29, 0.717) is 23.0 Å². The number of benzene rings is 1. The van der Waals surface area contributed by atoms with Crippen LogP contribution in [0, 0.1) is 0 Å². The molecule has 7 nitrogen and oxygen atoms in total. The van der Waals surface area contributed by atoms with Crippen LogP contribution in [0.2, 0.25) is 0 Å². The van der Waals surface area contributed by atoms with Crippen LogP contribution >= 0.6 is 11.8 Å². The number of rotatable bonds is 6. The van der Waals surface area contributed by atoms with Crippen molar-refractivity contribution in [2.24, 2.45) is 0 Å². The van der Waals surface area contributed by atoms with E-state index in [2.05, 4.69) is 4.90 Å². The van der Waals surface area contributed by atoms with Gasteiger partial charge in [0.2, 0.25) is 18.4 Å². The molecule has 2 fully saturated rings. The van der Waals surface area contributed by atoms with E-state index in [1.807, 2.05) is 17.0 Å². The zero-order chi connectivity index (χ0) is 17.9. The predicted molar refractivity (Wildman–Crippen MR) is 97.9 cm³/mol. The van der Waals surface area contributed by atoms with Crippen molar-refractivity contribution in [1.82, 2.24) is 9.80 Å². The van der Waals surface area contributed by atoms with E-state index in [1.165, 1.54) is 0 Å². The highest BCUT2D eigenvalue weighted by Crippen LogP contribution is 2.47. The Morgan fingerprint density at radius 2 is 2.08 bits per heavy atom. The van der Waals surface area contributed by atoms with Gasteiger partial charge in [-0.1, -0.05) is 0 Å². The molecule has 3 aliphatic rings. The SMILES string of the molecule is COc1cc(C2SCC(=O)N2CCCN2CCOCC2)cc2c1OCO2. The minimum Gasteiger partial charge on any atom is -0.493 e. The van der Waals surface area contributed by atoms with Gasteiger partial charge in [0.1, 0.15) is 5.37 Å². The standard InChI is InChI=1S/C18H24N2O5S/c1-22-14-9-13(10-15-17(14)25-12-24-15)18-20(16(21)11-26-18)4-2-3-19-5-7-23-8-6-19/h9-10,18H,2-8,11-12H2,1H3. The molecule has 0 N–H and O–H groups in total. The summed E-state index contributed by atoms with van der Waals surface area (Å²) >= 11 is 1.65. The average Bonchev–Trinajstić information content (AvgIpc) is 3.29. The third-order valence-electron chi connectivity index (χ3n) is 4.91. The molecule has 3 aliphatic heterocycles. The lowest BCUT2D eigenvalue weighted by molar-refractivity contribution is -0.128. The number of carbonyl (C=O) groups excluding carboxylic acids is 1. The van der Waals surface area contributed by atoms with Gasteiger partial charge >= 0.3 is 0 Å². The molecule has 1 amide bonds. The molecule has 0 spiro atoms. The topological polar surface area (TPSA) is 60.5 Å². The van der Waals surface area contributed by atoms with E-state index in [-0.39, 0.29) is 18.1 Å². The first-order chi connectivity index (χ1) is 12.8. The van der Waals surface area contributed by atoms with E-state index < -0.39 is 0 Å². The van der Waals surface area contributed by atoms with Gasteiger partial charge in [-0.15, -0.1) is 11.8 Å². The first kappa shape index (κ1) is 17.8. The van der Waals surface area contributed by atoms with Crippen molar-refractivity contribution in [3.05, 3.63) is 17.7 Å². The number of ether oxygens (including phenoxy) is 4. The van der Waals surface area contributed by atoms with Gasteiger partial charge in [-0.3, -0.25) is 9.69 Å². The minimum absolute atomic E-state index is 0.00408. The summed E-state index contributed by atoms with van der Waals surface area (Å²) < 4.78 is 21.8. The summed E-state index contributed by atoms with van der Waals surface area (Å²) in [6.07, 6.45) is 0.963. The fourth-order valence-electron chi connectivity index (χ4n) is 3.55. The van der Waals surface area contributed by atoms with Gasteiger partial charge in [0.15, 0.2) is 11.5 Å². The first-order valence-corrected chi connectivity index (χ1v) is 10.00. The number of thioether (sulfide) groups is 1. The number of methoxy groups -OCH3 is 1. The fraction of sp³-hybridized carbons (Fsp3) is 0.611.